The molecular formula is C16H27N5. The average molecular weight is 289 g/mol. The highest BCUT2D eigenvalue weighted by Crippen LogP contribution is 2.15. The summed E-state index contributed by atoms with van der Waals surface area (Å²) in [6.45, 7) is 10.3. The molecule has 0 fully saturated rings. The van der Waals surface area contributed by atoms with Gasteiger partial charge in [-0.25, -0.2) is 4.98 Å². The Hall–Kier alpha value is -1.62. The molecule has 2 aromatic heterocycles. The largest absolute Gasteiger partial charge is 0.328 e. The van der Waals surface area contributed by atoms with Gasteiger partial charge in [0.15, 0.2) is 0 Å². The molecule has 5 heteroatoms. The predicted octanol–water partition coefficient (Wildman–Crippen LogP) is 2.99. The molecule has 0 aliphatic carbocycles. The summed E-state index contributed by atoms with van der Waals surface area (Å²) in [6.07, 6.45) is 8.21. The zero-order chi connectivity index (χ0) is 15.2. The Labute approximate surface area is 127 Å². The maximum atomic E-state index is 4.71. The molecule has 0 unspecified atom stereocenters. The van der Waals surface area contributed by atoms with E-state index in [1.807, 2.05) is 12.4 Å². The summed E-state index contributed by atoms with van der Waals surface area (Å²) in [5.41, 5.74) is 1.09. The van der Waals surface area contributed by atoms with Gasteiger partial charge in [-0.1, -0.05) is 27.7 Å². The molecule has 0 aromatic carbocycles. The maximum absolute atomic E-state index is 4.71. The van der Waals surface area contributed by atoms with Crippen molar-refractivity contribution in [1.82, 2.24) is 24.6 Å². The molecule has 0 aliphatic heterocycles. The van der Waals surface area contributed by atoms with Crippen molar-refractivity contribution in [2.24, 2.45) is 0 Å². The molecule has 2 heterocycles. The Morgan fingerprint density at radius 2 is 1.95 bits per heavy atom. The Morgan fingerprint density at radius 3 is 2.62 bits per heavy atom. The first kappa shape index (κ1) is 15.8. The van der Waals surface area contributed by atoms with Gasteiger partial charge in [-0.15, -0.1) is 0 Å². The normalized spacial score (nSPS) is 11.7. The van der Waals surface area contributed by atoms with Gasteiger partial charge in [-0.2, -0.15) is 5.10 Å². The quantitative estimate of drug-likeness (QED) is 0.812. The molecule has 21 heavy (non-hydrogen) atoms. The number of nitrogens with zero attached hydrogens (tertiary/aromatic N) is 4. The van der Waals surface area contributed by atoms with E-state index < -0.39 is 0 Å². The van der Waals surface area contributed by atoms with Crippen molar-refractivity contribution in [3.8, 4) is 0 Å². The lowest BCUT2D eigenvalue weighted by Crippen LogP contribution is -2.24. The molecule has 5 nitrogen and oxygen atoms in total. The zero-order valence-corrected chi connectivity index (χ0v) is 13.6. The summed E-state index contributed by atoms with van der Waals surface area (Å²) in [6, 6.07) is 3.07. The molecule has 0 radical (unpaired) electrons. The van der Waals surface area contributed by atoms with Gasteiger partial charge in [-0.05, 0) is 18.9 Å². The van der Waals surface area contributed by atoms with Crippen molar-refractivity contribution in [1.29, 1.82) is 0 Å². The standard InChI is InChI=1S/C16H27N5/c1-5-15(6-2)21-9-7-14(19-21)12-20-10-8-17-16(20)11-18-13(3)4/h7-10,13,15,18H,5-6,11-12H2,1-4H3. The highest BCUT2D eigenvalue weighted by molar-refractivity contribution is 5.04. The van der Waals surface area contributed by atoms with E-state index >= 15 is 0 Å². The third kappa shape index (κ3) is 4.17. The number of hydrogen-bond donors (Lipinski definition) is 1. The molecule has 0 saturated carbocycles. The van der Waals surface area contributed by atoms with E-state index in [4.69, 9.17) is 5.10 Å². The van der Waals surface area contributed by atoms with Crippen molar-refractivity contribution in [3.63, 3.8) is 0 Å². The summed E-state index contributed by atoms with van der Waals surface area (Å²) in [4.78, 5) is 4.42. The van der Waals surface area contributed by atoms with Crippen molar-refractivity contribution in [2.75, 3.05) is 0 Å². The molecule has 0 aliphatic rings. The predicted molar refractivity (Wildman–Crippen MR) is 85.2 cm³/mol. The Morgan fingerprint density at radius 1 is 1.19 bits per heavy atom. The van der Waals surface area contributed by atoms with Gasteiger partial charge < -0.3 is 9.88 Å². The smallest absolute Gasteiger partial charge is 0.123 e. The average Bonchev–Trinajstić information content (AvgIpc) is 3.08. The summed E-state index contributed by atoms with van der Waals surface area (Å²) in [7, 11) is 0. The topological polar surface area (TPSA) is 47.7 Å². The van der Waals surface area contributed by atoms with Crippen LogP contribution >= 0.6 is 0 Å². The van der Waals surface area contributed by atoms with Crippen molar-refractivity contribution in [3.05, 3.63) is 36.2 Å². The minimum Gasteiger partial charge on any atom is -0.328 e. The van der Waals surface area contributed by atoms with Crippen LogP contribution in [-0.2, 0) is 13.1 Å². The van der Waals surface area contributed by atoms with Crippen LogP contribution < -0.4 is 5.32 Å². The third-order valence-electron chi connectivity index (χ3n) is 3.78. The van der Waals surface area contributed by atoms with Gasteiger partial charge in [0, 0.05) is 24.6 Å². The van der Waals surface area contributed by atoms with Crippen LogP contribution in [0.3, 0.4) is 0 Å². The number of imidazole rings is 1. The fourth-order valence-electron chi connectivity index (χ4n) is 2.45. The van der Waals surface area contributed by atoms with Crippen LogP contribution in [0.2, 0.25) is 0 Å². The second-order valence-electron chi connectivity index (χ2n) is 5.76. The first-order valence-corrected chi connectivity index (χ1v) is 7.91. The minimum atomic E-state index is 0.462. The van der Waals surface area contributed by atoms with Gasteiger partial charge in [0.05, 0.1) is 24.8 Å². The molecule has 2 aromatic rings. The van der Waals surface area contributed by atoms with Crippen LogP contribution in [0.25, 0.3) is 0 Å². The second-order valence-corrected chi connectivity index (χ2v) is 5.76. The van der Waals surface area contributed by atoms with E-state index in [9.17, 15) is 0 Å². The van der Waals surface area contributed by atoms with Crippen molar-refractivity contribution >= 4 is 0 Å². The van der Waals surface area contributed by atoms with Crippen LogP contribution in [0.15, 0.2) is 24.7 Å². The lowest BCUT2D eigenvalue weighted by Gasteiger charge is -2.13. The molecule has 0 atom stereocenters. The minimum absolute atomic E-state index is 0.462. The molecule has 0 spiro atoms. The molecule has 0 saturated heterocycles. The van der Waals surface area contributed by atoms with Crippen LogP contribution in [0.5, 0.6) is 0 Å². The lowest BCUT2D eigenvalue weighted by molar-refractivity contribution is 0.424. The summed E-state index contributed by atoms with van der Waals surface area (Å²) < 4.78 is 4.26. The summed E-state index contributed by atoms with van der Waals surface area (Å²) >= 11 is 0. The van der Waals surface area contributed by atoms with Gasteiger partial charge in [0.1, 0.15) is 5.82 Å². The Balaban J connectivity index is 2.03. The van der Waals surface area contributed by atoms with E-state index in [-0.39, 0.29) is 0 Å². The third-order valence-corrected chi connectivity index (χ3v) is 3.78. The molecule has 116 valence electrons. The van der Waals surface area contributed by atoms with E-state index in [2.05, 4.69) is 59.5 Å². The molecule has 1 N–H and O–H groups in total. The van der Waals surface area contributed by atoms with E-state index in [1.165, 1.54) is 0 Å². The van der Waals surface area contributed by atoms with Gasteiger partial charge in [-0.3, -0.25) is 4.68 Å². The monoisotopic (exact) mass is 289 g/mol. The lowest BCUT2D eigenvalue weighted by atomic mass is 10.2. The number of hydrogen-bond acceptors (Lipinski definition) is 3. The zero-order valence-electron chi connectivity index (χ0n) is 13.6. The van der Waals surface area contributed by atoms with E-state index in [1.54, 1.807) is 0 Å². The van der Waals surface area contributed by atoms with Gasteiger partial charge in [0.2, 0.25) is 0 Å². The van der Waals surface area contributed by atoms with Crippen molar-refractivity contribution < 1.29 is 0 Å². The molecule has 0 amide bonds. The molecule has 2 rings (SSSR count). The fourth-order valence-corrected chi connectivity index (χ4v) is 2.45. The molecular weight excluding hydrogens is 262 g/mol. The first-order valence-electron chi connectivity index (χ1n) is 7.91. The van der Waals surface area contributed by atoms with Crippen molar-refractivity contribution in [2.45, 2.75) is 65.7 Å². The Kier molecular flexibility index (Phi) is 5.56. The maximum Gasteiger partial charge on any atom is 0.123 e. The van der Waals surface area contributed by atoms with E-state index in [0.717, 1.165) is 37.4 Å². The Bertz CT molecular complexity index is 536. The highest BCUT2D eigenvalue weighted by Gasteiger charge is 2.10. The SMILES string of the molecule is CCC(CC)n1ccc(Cn2ccnc2CNC(C)C)n1. The van der Waals surface area contributed by atoms with Gasteiger partial charge in [0.25, 0.3) is 0 Å². The summed E-state index contributed by atoms with van der Waals surface area (Å²) in [5, 5.41) is 8.12. The van der Waals surface area contributed by atoms with Crippen LogP contribution in [0, 0.1) is 0 Å². The van der Waals surface area contributed by atoms with Crippen LogP contribution in [0.4, 0.5) is 0 Å². The fraction of sp³-hybridized carbons (Fsp3) is 0.625. The summed E-state index contributed by atoms with van der Waals surface area (Å²) in [5.74, 6) is 1.06. The first-order chi connectivity index (χ1) is 10.1. The van der Waals surface area contributed by atoms with E-state index in [0.29, 0.717) is 12.1 Å². The number of nitrogens with one attached hydrogen (secondary N) is 1. The highest BCUT2D eigenvalue weighted by atomic mass is 15.3. The van der Waals surface area contributed by atoms with Crippen LogP contribution in [-0.4, -0.2) is 25.4 Å². The second kappa shape index (κ2) is 7.41. The van der Waals surface area contributed by atoms with Crippen LogP contribution in [0.1, 0.15) is 58.1 Å². The number of rotatable bonds is 8. The number of aromatic nitrogens is 4. The van der Waals surface area contributed by atoms with Gasteiger partial charge >= 0.3 is 0 Å². The molecule has 0 bridgehead atoms.